The molecule has 0 atom stereocenters. The third-order valence-corrected chi connectivity index (χ3v) is 11.2. The van der Waals surface area contributed by atoms with Crippen molar-refractivity contribution in [2.24, 2.45) is 0 Å². The summed E-state index contributed by atoms with van der Waals surface area (Å²) in [5.74, 6) is 0. The number of aromatic nitrogens is 2. The Kier molecular flexibility index (Phi) is 5.77. The van der Waals surface area contributed by atoms with Crippen molar-refractivity contribution < 1.29 is 4.42 Å². The molecule has 0 N–H and O–H groups in total. The molecule has 9 aromatic carbocycles. The first-order valence-electron chi connectivity index (χ1n) is 18.1. The van der Waals surface area contributed by atoms with Crippen LogP contribution in [0.2, 0.25) is 0 Å². The lowest BCUT2D eigenvalue weighted by atomic mass is 9.84. The van der Waals surface area contributed by atoms with Crippen molar-refractivity contribution in [3.05, 3.63) is 170 Å². The third-order valence-electron chi connectivity index (χ3n) is 11.2. The molecule has 244 valence electrons. The molecule has 12 aromatic rings. The summed E-state index contributed by atoms with van der Waals surface area (Å²) in [7, 11) is 0. The molecule has 0 saturated heterocycles. The molecule has 0 saturated carbocycles. The first-order valence-corrected chi connectivity index (χ1v) is 18.1. The van der Waals surface area contributed by atoms with E-state index in [1.165, 1.54) is 27.3 Å². The van der Waals surface area contributed by atoms with Gasteiger partial charge in [0, 0.05) is 48.7 Å². The molecule has 0 amide bonds. The summed E-state index contributed by atoms with van der Waals surface area (Å²) in [5.41, 5.74) is 9.27. The average Bonchev–Trinajstić information content (AvgIpc) is 3.60. The van der Waals surface area contributed by atoms with Gasteiger partial charge in [-0.05, 0) is 74.5 Å². The normalized spacial score (nSPS) is 12.2. The average molecular weight is 673 g/mol. The van der Waals surface area contributed by atoms with Crippen molar-refractivity contribution in [2.45, 2.75) is 0 Å². The number of nitrogens with zero attached hydrogens (tertiary/aromatic N) is 2. The molecular formula is C50H28N2O. The molecule has 3 heteroatoms. The maximum atomic E-state index is 6.69. The summed E-state index contributed by atoms with van der Waals surface area (Å²) in [6.45, 7) is 0. The van der Waals surface area contributed by atoms with Crippen molar-refractivity contribution >= 4 is 97.7 Å². The topological polar surface area (TPSA) is 38.9 Å². The van der Waals surface area contributed by atoms with E-state index in [9.17, 15) is 0 Å². The minimum atomic E-state index is 0.892. The lowest BCUT2D eigenvalue weighted by Crippen LogP contribution is -1.95. The van der Waals surface area contributed by atoms with Crippen molar-refractivity contribution in [2.75, 3.05) is 0 Å². The fourth-order valence-electron chi connectivity index (χ4n) is 8.90. The minimum Gasteiger partial charge on any atom is -0.455 e. The standard InChI is InChI=1S/C50H28N2O/c1-10-22-42-29(13-1)27-30-28-41(31-14-2-7-20-37(31)48(30)51-42)45-33-16-3-5-18-35(33)46(36-19-6-4-17-34(36)45)49-40-26-25-38-32-15-9-12-24-44(32)53-50(38)47(40)39-21-8-11-23-43(39)52-49/h1-28H. The summed E-state index contributed by atoms with van der Waals surface area (Å²) in [4.78, 5) is 10.7. The lowest BCUT2D eigenvalue weighted by Gasteiger charge is -2.20. The summed E-state index contributed by atoms with van der Waals surface area (Å²) in [5, 5.41) is 14.8. The van der Waals surface area contributed by atoms with Crippen LogP contribution in [0.3, 0.4) is 0 Å². The Labute approximate surface area is 303 Å². The van der Waals surface area contributed by atoms with Gasteiger partial charge < -0.3 is 4.42 Å². The number of para-hydroxylation sites is 3. The molecular weight excluding hydrogens is 645 g/mol. The van der Waals surface area contributed by atoms with Crippen molar-refractivity contribution in [3.63, 3.8) is 0 Å². The summed E-state index contributed by atoms with van der Waals surface area (Å²) < 4.78 is 6.69. The number of rotatable bonds is 2. The summed E-state index contributed by atoms with van der Waals surface area (Å²) >= 11 is 0. The van der Waals surface area contributed by atoms with Crippen LogP contribution in [0.1, 0.15) is 0 Å². The first-order chi connectivity index (χ1) is 26.3. The van der Waals surface area contributed by atoms with E-state index in [1.807, 2.05) is 6.07 Å². The number of hydrogen-bond acceptors (Lipinski definition) is 3. The van der Waals surface area contributed by atoms with Gasteiger partial charge in [-0.2, -0.15) is 0 Å². The molecule has 0 aliphatic rings. The lowest BCUT2D eigenvalue weighted by molar-refractivity contribution is 0.673. The Morgan fingerprint density at radius 1 is 0.358 bits per heavy atom. The number of pyridine rings is 2. The van der Waals surface area contributed by atoms with Crippen LogP contribution < -0.4 is 0 Å². The number of hydrogen-bond donors (Lipinski definition) is 0. The van der Waals surface area contributed by atoms with Gasteiger partial charge in [0.1, 0.15) is 11.2 Å². The monoisotopic (exact) mass is 672 g/mol. The van der Waals surface area contributed by atoms with E-state index in [2.05, 4.69) is 164 Å². The quantitative estimate of drug-likeness (QED) is 0.136. The number of furan rings is 1. The maximum absolute atomic E-state index is 6.69. The maximum Gasteiger partial charge on any atom is 0.144 e. The number of benzene rings is 9. The van der Waals surface area contributed by atoms with Gasteiger partial charge in [0.25, 0.3) is 0 Å². The van der Waals surface area contributed by atoms with Crippen LogP contribution in [-0.4, -0.2) is 9.97 Å². The fraction of sp³-hybridized carbons (Fsp3) is 0. The molecule has 3 heterocycles. The van der Waals surface area contributed by atoms with Crippen molar-refractivity contribution in [1.29, 1.82) is 0 Å². The molecule has 0 bridgehead atoms. The van der Waals surface area contributed by atoms with Gasteiger partial charge in [0.05, 0.1) is 22.2 Å². The minimum absolute atomic E-state index is 0.892. The molecule has 3 aromatic heterocycles. The Morgan fingerprint density at radius 3 is 1.68 bits per heavy atom. The molecule has 0 aliphatic heterocycles. The zero-order chi connectivity index (χ0) is 34.6. The van der Waals surface area contributed by atoms with Crippen LogP contribution in [0.4, 0.5) is 0 Å². The van der Waals surface area contributed by atoms with E-state index in [0.717, 1.165) is 92.8 Å². The van der Waals surface area contributed by atoms with E-state index in [1.54, 1.807) is 0 Å². The largest absolute Gasteiger partial charge is 0.455 e. The van der Waals surface area contributed by atoms with E-state index in [0.29, 0.717) is 0 Å². The highest BCUT2D eigenvalue weighted by atomic mass is 16.3. The summed E-state index contributed by atoms with van der Waals surface area (Å²) in [6, 6.07) is 60.7. The molecule has 0 radical (unpaired) electrons. The predicted molar refractivity (Wildman–Crippen MR) is 223 cm³/mol. The van der Waals surface area contributed by atoms with Crippen LogP contribution in [-0.2, 0) is 0 Å². The fourth-order valence-corrected chi connectivity index (χ4v) is 8.90. The smallest absolute Gasteiger partial charge is 0.144 e. The predicted octanol–water partition coefficient (Wildman–Crippen LogP) is 13.8. The first kappa shape index (κ1) is 28.6. The van der Waals surface area contributed by atoms with Crippen molar-refractivity contribution in [1.82, 2.24) is 9.97 Å². The molecule has 53 heavy (non-hydrogen) atoms. The SMILES string of the molecule is c1ccc2nc3c(cc(-c4c5ccccc5c(-c5nc6ccccc6c6c5ccc5c7ccccc7oc56)c5ccccc45)c4ccccc43)cc2c1. The van der Waals surface area contributed by atoms with Gasteiger partial charge >= 0.3 is 0 Å². The Morgan fingerprint density at radius 2 is 0.925 bits per heavy atom. The second kappa shape index (κ2) is 10.7. The van der Waals surface area contributed by atoms with E-state index < -0.39 is 0 Å². The van der Waals surface area contributed by atoms with Gasteiger partial charge in [-0.25, -0.2) is 9.97 Å². The number of fused-ring (bicyclic) bond motifs is 13. The van der Waals surface area contributed by atoms with Crippen LogP contribution in [0.15, 0.2) is 174 Å². The van der Waals surface area contributed by atoms with E-state index >= 15 is 0 Å². The van der Waals surface area contributed by atoms with E-state index in [4.69, 9.17) is 14.4 Å². The second-order valence-corrected chi connectivity index (χ2v) is 14.0. The van der Waals surface area contributed by atoms with Crippen LogP contribution >= 0.6 is 0 Å². The highest BCUT2D eigenvalue weighted by Crippen LogP contribution is 2.49. The van der Waals surface area contributed by atoms with E-state index in [-0.39, 0.29) is 0 Å². The highest BCUT2D eigenvalue weighted by molar-refractivity contribution is 6.30. The Balaban J connectivity index is 1.25. The summed E-state index contributed by atoms with van der Waals surface area (Å²) in [6.07, 6.45) is 0. The zero-order valence-electron chi connectivity index (χ0n) is 28.5. The second-order valence-electron chi connectivity index (χ2n) is 14.0. The van der Waals surface area contributed by atoms with Crippen LogP contribution in [0, 0.1) is 0 Å². The molecule has 0 unspecified atom stereocenters. The van der Waals surface area contributed by atoms with Gasteiger partial charge in [-0.15, -0.1) is 0 Å². The van der Waals surface area contributed by atoms with Gasteiger partial charge in [-0.1, -0.05) is 133 Å². The molecule has 0 fully saturated rings. The molecule has 12 rings (SSSR count). The van der Waals surface area contributed by atoms with Gasteiger partial charge in [0.15, 0.2) is 0 Å². The third kappa shape index (κ3) is 3.99. The molecule has 3 nitrogen and oxygen atoms in total. The molecule has 0 aliphatic carbocycles. The van der Waals surface area contributed by atoms with Gasteiger partial charge in [0.2, 0.25) is 0 Å². The zero-order valence-corrected chi connectivity index (χ0v) is 28.5. The Hall–Kier alpha value is -7.10. The molecule has 0 spiro atoms. The Bertz CT molecular complexity index is 3470. The van der Waals surface area contributed by atoms with Crippen LogP contribution in [0.5, 0.6) is 0 Å². The van der Waals surface area contributed by atoms with Crippen molar-refractivity contribution in [3.8, 4) is 22.4 Å². The highest BCUT2D eigenvalue weighted by Gasteiger charge is 2.23. The van der Waals surface area contributed by atoms with Gasteiger partial charge in [-0.3, -0.25) is 0 Å². The van der Waals surface area contributed by atoms with Crippen LogP contribution in [0.25, 0.3) is 120 Å².